The second kappa shape index (κ2) is 7.87. The van der Waals surface area contributed by atoms with Crippen LogP contribution in [-0.4, -0.2) is 29.5 Å². The number of amides is 1. The van der Waals surface area contributed by atoms with E-state index in [1.165, 1.54) is 16.9 Å². The van der Waals surface area contributed by atoms with Crippen molar-refractivity contribution in [3.63, 3.8) is 0 Å². The van der Waals surface area contributed by atoms with Crippen LogP contribution < -0.4 is 5.32 Å². The van der Waals surface area contributed by atoms with Gasteiger partial charge in [0.2, 0.25) is 0 Å². The molecule has 2 rings (SSSR count). The second-order valence-electron chi connectivity index (χ2n) is 5.03. The summed E-state index contributed by atoms with van der Waals surface area (Å²) in [5.41, 5.74) is 2.43. The first-order valence-electron chi connectivity index (χ1n) is 7.58. The summed E-state index contributed by atoms with van der Waals surface area (Å²) in [5.74, 6) is -0.900. The van der Waals surface area contributed by atoms with Crippen molar-refractivity contribution >= 4 is 23.2 Å². The van der Waals surface area contributed by atoms with Crippen molar-refractivity contribution in [3.8, 4) is 10.6 Å². The third-order valence-electron chi connectivity index (χ3n) is 3.33. The lowest BCUT2D eigenvalue weighted by molar-refractivity contribution is -0.128. The van der Waals surface area contributed by atoms with E-state index >= 15 is 0 Å². The Morgan fingerprint density at radius 3 is 2.57 bits per heavy atom. The molecule has 0 aliphatic carbocycles. The van der Waals surface area contributed by atoms with E-state index in [4.69, 9.17) is 4.74 Å². The summed E-state index contributed by atoms with van der Waals surface area (Å²) < 4.78 is 5.13. The number of ether oxygens (including phenoxy) is 1. The normalized spacial score (nSPS) is 11.8. The molecule has 0 fully saturated rings. The van der Waals surface area contributed by atoms with E-state index in [1.54, 1.807) is 12.3 Å². The molecule has 0 bridgehead atoms. The van der Waals surface area contributed by atoms with E-state index in [1.807, 2.05) is 31.2 Å². The topological polar surface area (TPSA) is 68.3 Å². The highest BCUT2D eigenvalue weighted by molar-refractivity contribution is 7.13. The Kier molecular flexibility index (Phi) is 5.87. The number of esters is 1. The maximum absolute atomic E-state index is 12.1. The third kappa shape index (κ3) is 4.39. The second-order valence-corrected chi connectivity index (χ2v) is 5.89. The minimum absolute atomic E-state index is 0.223. The van der Waals surface area contributed by atoms with Gasteiger partial charge in [0.1, 0.15) is 5.01 Å². The molecule has 0 unspecified atom stereocenters. The smallest absolute Gasteiger partial charge is 0.358 e. The molecule has 0 aliphatic heterocycles. The van der Waals surface area contributed by atoms with Gasteiger partial charge in [0.25, 0.3) is 5.91 Å². The van der Waals surface area contributed by atoms with Crippen molar-refractivity contribution in [2.75, 3.05) is 6.54 Å². The van der Waals surface area contributed by atoms with Gasteiger partial charge in [-0.25, -0.2) is 9.78 Å². The lowest BCUT2D eigenvalue weighted by atomic mass is 10.1. The number of likely N-dealkylation sites (N-methyl/N-ethyl adjacent to an activating group) is 1. The molecule has 0 saturated carbocycles. The van der Waals surface area contributed by atoms with Crippen molar-refractivity contribution in [2.24, 2.45) is 0 Å². The van der Waals surface area contributed by atoms with Gasteiger partial charge in [-0.3, -0.25) is 4.79 Å². The largest absolute Gasteiger partial charge is 0.448 e. The molecule has 2 aromatic rings. The number of thiazole rings is 1. The highest BCUT2D eigenvalue weighted by atomic mass is 32.1. The molecular formula is C17H20N2O3S. The van der Waals surface area contributed by atoms with Crippen LogP contribution in [0.1, 0.15) is 36.8 Å². The number of carbonyl (C=O) groups excluding carboxylic acids is 2. The zero-order valence-corrected chi connectivity index (χ0v) is 14.3. The van der Waals surface area contributed by atoms with E-state index in [2.05, 4.69) is 17.2 Å². The van der Waals surface area contributed by atoms with Gasteiger partial charge in [0.05, 0.1) is 0 Å². The van der Waals surface area contributed by atoms with Crippen LogP contribution in [0.15, 0.2) is 29.6 Å². The maximum atomic E-state index is 12.1. The van der Waals surface area contributed by atoms with Crippen LogP contribution >= 0.6 is 11.3 Å². The molecule has 1 aromatic heterocycles. The minimum atomic E-state index is -0.837. The van der Waals surface area contributed by atoms with Gasteiger partial charge in [0, 0.05) is 17.5 Å². The monoisotopic (exact) mass is 332 g/mol. The summed E-state index contributed by atoms with van der Waals surface area (Å²) in [6.45, 7) is 5.94. The fourth-order valence-electron chi connectivity index (χ4n) is 1.98. The molecule has 1 atom stereocenters. The van der Waals surface area contributed by atoms with Gasteiger partial charge in [-0.2, -0.15) is 0 Å². The molecule has 122 valence electrons. The Morgan fingerprint density at radius 2 is 1.96 bits per heavy atom. The van der Waals surface area contributed by atoms with Crippen LogP contribution in [0.4, 0.5) is 0 Å². The molecule has 0 spiro atoms. The Balaban J connectivity index is 2.05. The fraction of sp³-hybridized carbons (Fsp3) is 0.353. The van der Waals surface area contributed by atoms with Crippen molar-refractivity contribution < 1.29 is 14.3 Å². The molecule has 1 heterocycles. The molecule has 5 nitrogen and oxygen atoms in total. The predicted octanol–water partition coefficient (Wildman–Crippen LogP) is 3.05. The van der Waals surface area contributed by atoms with Gasteiger partial charge >= 0.3 is 5.97 Å². The lowest BCUT2D eigenvalue weighted by Crippen LogP contribution is -2.35. The number of carbonyl (C=O) groups is 2. The number of hydrogen-bond acceptors (Lipinski definition) is 5. The van der Waals surface area contributed by atoms with Gasteiger partial charge in [-0.1, -0.05) is 31.2 Å². The summed E-state index contributed by atoms with van der Waals surface area (Å²) in [5, 5.41) is 5.01. The Bertz CT molecular complexity index is 679. The van der Waals surface area contributed by atoms with Gasteiger partial charge in [-0.05, 0) is 25.8 Å². The average Bonchev–Trinajstić information content (AvgIpc) is 3.05. The fourth-order valence-corrected chi connectivity index (χ4v) is 2.77. The Morgan fingerprint density at radius 1 is 1.26 bits per heavy atom. The summed E-state index contributed by atoms with van der Waals surface area (Å²) in [7, 11) is 0. The van der Waals surface area contributed by atoms with Crippen molar-refractivity contribution in [1.29, 1.82) is 0 Å². The van der Waals surface area contributed by atoms with Crippen LogP contribution in [0, 0.1) is 0 Å². The lowest BCUT2D eigenvalue weighted by Gasteiger charge is -2.11. The van der Waals surface area contributed by atoms with Gasteiger partial charge < -0.3 is 10.1 Å². The van der Waals surface area contributed by atoms with E-state index in [0.29, 0.717) is 6.54 Å². The van der Waals surface area contributed by atoms with Crippen molar-refractivity contribution in [1.82, 2.24) is 10.3 Å². The van der Waals surface area contributed by atoms with Crippen molar-refractivity contribution in [2.45, 2.75) is 33.3 Å². The highest BCUT2D eigenvalue weighted by Gasteiger charge is 2.20. The summed E-state index contributed by atoms with van der Waals surface area (Å²) in [4.78, 5) is 27.9. The SMILES string of the molecule is CCNC(=O)[C@@H](C)OC(=O)c1csc(-c2ccc(CC)cc2)n1. The number of rotatable bonds is 6. The molecule has 1 amide bonds. The molecule has 0 radical (unpaired) electrons. The highest BCUT2D eigenvalue weighted by Crippen LogP contribution is 2.24. The Labute approximate surface area is 139 Å². The summed E-state index contributed by atoms with van der Waals surface area (Å²) >= 11 is 1.38. The van der Waals surface area contributed by atoms with Gasteiger partial charge in [0.15, 0.2) is 11.8 Å². The molecule has 23 heavy (non-hydrogen) atoms. The summed E-state index contributed by atoms with van der Waals surface area (Å²) in [6.07, 6.45) is 0.143. The number of nitrogens with zero attached hydrogens (tertiary/aromatic N) is 1. The zero-order valence-electron chi connectivity index (χ0n) is 13.5. The van der Waals surface area contributed by atoms with E-state index in [-0.39, 0.29) is 11.6 Å². The first-order chi connectivity index (χ1) is 11.0. The van der Waals surface area contributed by atoms with E-state index in [0.717, 1.165) is 17.0 Å². The zero-order chi connectivity index (χ0) is 16.8. The van der Waals surface area contributed by atoms with E-state index in [9.17, 15) is 9.59 Å². The van der Waals surface area contributed by atoms with Crippen LogP contribution in [0.3, 0.4) is 0 Å². The van der Waals surface area contributed by atoms with E-state index < -0.39 is 12.1 Å². The maximum Gasteiger partial charge on any atom is 0.358 e. The third-order valence-corrected chi connectivity index (χ3v) is 4.22. The predicted molar refractivity (Wildman–Crippen MR) is 90.5 cm³/mol. The van der Waals surface area contributed by atoms with Crippen LogP contribution in [0.2, 0.25) is 0 Å². The first-order valence-corrected chi connectivity index (χ1v) is 8.46. The molecule has 0 aliphatic rings. The van der Waals surface area contributed by atoms with Crippen LogP contribution in [-0.2, 0) is 16.0 Å². The number of nitrogens with one attached hydrogen (secondary N) is 1. The minimum Gasteiger partial charge on any atom is -0.448 e. The number of aryl methyl sites for hydroxylation is 1. The summed E-state index contributed by atoms with van der Waals surface area (Å²) in [6, 6.07) is 8.08. The molecule has 1 aromatic carbocycles. The van der Waals surface area contributed by atoms with Crippen molar-refractivity contribution in [3.05, 3.63) is 40.9 Å². The number of benzene rings is 1. The standard InChI is InChI=1S/C17H20N2O3S/c1-4-12-6-8-13(9-7-12)16-19-14(10-23-16)17(21)22-11(3)15(20)18-5-2/h6-11H,4-5H2,1-3H3,(H,18,20)/t11-/m1/s1. The molecular weight excluding hydrogens is 312 g/mol. The molecule has 0 saturated heterocycles. The average molecular weight is 332 g/mol. The van der Waals surface area contributed by atoms with Crippen LogP contribution in [0.5, 0.6) is 0 Å². The Hall–Kier alpha value is -2.21. The number of aromatic nitrogens is 1. The molecule has 6 heteroatoms. The van der Waals surface area contributed by atoms with Crippen LogP contribution in [0.25, 0.3) is 10.6 Å². The van der Waals surface area contributed by atoms with Gasteiger partial charge in [-0.15, -0.1) is 11.3 Å². The number of hydrogen-bond donors (Lipinski definition) is 1. The molecule has 1 N–H and O–H groups in total. The first kappa shape index (κ1) is 17.1. The quantitative estimate of drug-likeness (QED) is 0.826.